The van der Waals surface area contributed by atoms with Crippen LogP contribution >= 0.6 is 11.6 Å². The minimum Gasteiger partial charge on any atom is -0.375 e. The number of hydrogen-bond acceptors (Lipinski definition) is 3. The summed E-state index contributed by atoms with van der Waals surface area (Å²) >= 11 is 5.94. The monoisotopic (exact) mass is 280 g/mol. The second-order valence-corrected chi connectivity index (χ2v) is 5.95. The first kappa shape index (κ1) is 13.2. The lowest BCUT2D eigenvalue weighted by atomic mass is 10.1. The van der Waals surface area contributed by atoms with Crippen LogP contribution in [0.3, 0.4) is 0 Å². The van der Waals surface area contributed by atoms with Gasteiger partial charge >= 0.3 is 0 Å². The molecule has 1 saturated heterocycles. The molecule has 1 aliphatic heterocycles. The van der Waals surface area contributed by atoms with Crippen LogP contribution in [0, 0.1) is 0 Å². The number of nitrogens with zero attached hydrogens (tertiary/aromatic N) is 2. The molecule has 104 valence electrons. The largest absolute Gasteiger partial charge is 0.375 e. The Hall–Kier alpha value is -0.800. The quantitative estimate of drug-likeness (QED) is 0.790. The molecule has 1 aliphatic carbocycles. The number of halogens is 1. The fourth-order valence-electron chi connectivity index (χ4n) is 3.14. The number of pyridine rings is 1. The zero-order valence-corrected chi connectivity index (χ0v) is 12.0. The molecule has 0 radical (unpaired) electrons. The van der Waals surface area contributed by atoms with E-state index in [4.69, 9.17) is 16.3 Å². The summed E-state index contributed by atoms with van der Waals surface area (Å²) in [7, 11) is 0. The van der Waals surface area contributed by atoms with Crippen molar-refractivity contribution in [2.75, 3.05) is 18.0 Å². The molecule has 0 amide bonds. The van der Waals surface area contributed by atoms with E-state index in [0.717, 1.165) is 25.9 Å². The summed E-state index contributed by atoms with van der Waals surface area (Å²) < 4.78 is 6.20. The molecule has 0 atom stereocenters. The molecular formula is C15H21ClN2O. The maximum atomic E-state index is 6.20. The molecule has 1 saturated carbocycles. The highest BCUT2D eigenvalue weighted by atomic mass is 35.5. The lowest BCUT2D eigenvalue weighted by molar-refractivity contribution is -0.0194. The number of hydrogen-bond donors (Lipinski definition) is 0. The van der Waals surface area contributed by atoms with Crippen molar-refractivity contribution in [2.24, 2.45) is 0 Å². The SMILES string of the molecule is Clc1cc(N2CCC(OC3CCCC3)CC2)ccn1. The van der Waals surface area contributed by atoms with Crippen LogP contribution in [0.25, 0.3) is 0 Å². The van der Waals surface area contributed by atoms with E-state index < -0.39 is 0 Å². The highest BCUT2D eigenvalue weighted by Gasteiger charge is 2.24. The molecule has 0 bridgehead atoms. The number of aromatic nitrogens is 1. The summed E-state index contributed by atoms with van der Waals surface area (Å²) in [4.78, 5) is 6.41. The van der Waals surface area contributed by atoms with Gasteiger partial charge in [0.25, 0.3) is 0 Å². The van der Waals surface area contributed by atoms with Crippen LogP contribution in [0.5, 0.6) is 0 Å². The fourth-order valence-corrected chi connectivity index (χ4v) is 3.30. The van der Waals surface area contributed by atoms with Gasteiger partial charge in [-0.2, -0.15) is 0 Å². The van der Waals surface area contributed by atoms with Crippen LogP contribution in [0.4, 0.5) is 5.69 Å². The molecule has 0 N–H and O–H groups in total. The topological polar surface area (TPSA) is 25.4 Å². The molecule has 1 aromatic rings. The average molecular weight is 281 g/mol. The molecular weight excluding hydrogens is 260 g/mol. The zero-order chi connectivity index (χ0) is 13.1. The maximum Gasteiger partial charge on any atom is 0.131 e. The first-order chi connectivity index (χ1) is 9.31. The van der Waals surface area contributed by atoms with Crippen molar-refractivity contribution in [1.82, 2.24) is 4.98 Å². The average Bonchev–Trinajstić information content (AvgIpc) is 2.92. The van der Waals surface area contributed by atoms with Gasteiger partial charge in [-0.25, -0.2) is 4.98 Å². The van der Waals surface area contributed by atoms with Gasteiger partial charge in [-0.15, -0.1) is 0 Å². The Kier molecular flexibility index (Phi) is 4.24. The maximum absolute atomic E-state index is 6.20. The first-order valence-electron chi connectivity index (χ1n) is 7.33. The van der Waals surface area contributed by atoms with Gasteiger partial charge in [0, 0.05) is 25.0 Å². The first-order valence-corrected chi connectivity index (χ1v) is 7.71. The Morgan fingerprint density at radius 3 is 2.47 bits per heavy atom. The van der Waals surface area contributed by atoms with Gasteiger partial charge in [0.15, 0.2) is 0 Å². The van der Waals surface area contributed by atoms with E-state index in [1.807, 2.05) is 12.1 Å². The van der Waals surface area contributed by atoms with Crippen molar-refractivity contribution in [3.63, 3.8) is 0 Å². The van der Waals surface area contributed by atoms with Gasteiger partial charge in [0.1, 0.15) is 5.15 Å². The predicted molar refractivity (Wildman–Crippen MR) is 77.8 cm³/mol. The lowest BCUT2D eigenvalue weighted by Gasteiger charge is -2.34. The Bertz CT molecular complexity index is 412. The minimum atomic E-state index is 0.455. The van der Waals surface area contributed by atoms with Crippen LogP contribution in [0.1, 0.15) is 38.5 Å². The van der Waals surface area contributed by atoms with Crippen LogP contribution in [-0.2, 0) is 4.74 Å². The number of rotatable bonds is 3. The van der Waals surface area contributed by atoms with E-state index in [1.54, 1.807) is 6.20 Å². The summed E-state index contributed by atoms with van der Waals surface area (Å²) in [6.45, 7) is 2.11. The molecule has 0 spiro atoms. The van der Waals surface area contributed by atoms with Crippen LogP contribution < -0.4 is 4.90 Å². The molecule has 4 heteroatoms. The summed E-state index contributed by atoms with van der Waals surface area (Å²) in [5.41, 5.74) is 1.18. The highest BCUT2D eigenvalue weighted by Crippen LogP contribution is 2.27. The number of ether oxygens (including phenoxy) is 1. The minimum absolute atomic E-state index is 0.455. The van der Waals surface area contributed by atoms with E-state index >= 15 is 0 Å². The molecule has 3 nitrogen and oxygen atoms in total. The smallest absolute Gasteiger partial charge is 0.131 e. The summed E-state index contributed by atoms with van der Waals surface area (Å²) in [6, 6.07) is 3.98. The van der Waals surface area contributed by atoms with Crippen LogP contribution in [-0.4, -0.2) is 30.3 Å². The van der Waals surface area contributed by atoms with Gasteiger partial charge in [-0.1, -0.05) is 24.4 Å². The number of anilines is 1. The van der Waals surface area contributed by atoms with Gasteiger partial charge < -0.3 is 9.64 Å². The second-order valence-electron chi connectivity index (χ2n) is 5.57. The summed E-state index contributed by atoms with van der Waals surface area (Å²) in [5, 5.41) is 0.571. The highest BCUT2D eigenvalue weighted by molar-refractivity contribution is 6.29. The Morgan fingerprint density at radius 2 is 1.79 bits per heavy atom. The normalized spacial score (nSPS) is 22.1. The third-order valence-electron chi connectivity index (χ3n) is 4.20. The van der Waals surface area contributed by atoms with Crippen molar-refractivity contribution in [3.8, 4) is 0 Å². The van der Waals surface area contributed by atoms with Gasteiger partial charge in [-0.05, 0) is 37.8 Å². The molecule has 2 aliphatic rings. The van der Waals surface area contributed by atoms with E-state index in [2.05, 4.69) is 9.88 Å². The molecule has 3 rings (SSSR count). The van der Waals surface area contributed by atoms with E-state index in [9.17, 15) is 0 Å². The summed E-state index contributed by atoms with van der Waals surface area (Å²) in [5.74, 6) is 0. The molecule has 0 unspecified atom stereocenters. The predicted octanol–water partition coefficient (Wildman–Crippen LogP) is 3.66. The summed E-state index contributed by atoms with van der Waals surface area (Å²) in [6.07, 6.45) is 10.2. The van der Waals surface area contributed by atoms with Crippen molar-refractivity contribution in [2.45, 2.75) is 50.7 Å². The van der Waals surface area contributed by atoms with Gasteiger partial charge in [-0.3, -0.25) is 0 Å². The van der Waals surface area contributed by atoms with Crippen molar-refractivity contribution >= 4 is 17.3 Å². The van der Waals surface area contributed by atoms with Crippen LogP contribution in [0.2, 0.25) is 5.15 Å². The standard InChI is InChI=1S/C15H21ClN2O/c16-15-11-12(5-8-17-15)18-9-6-14(7-10-18)19-13-3-1-2-4-13/h5,8,11,13-14H,1-4,6-7,9-10H2. The third kappa shape index (κ3) is 3.40. The van der Waals surface area contributed by atoms with E-state index in [1.165, 1.54) is 31.4 Å². The Morgan fingerprint density at radius 1 is 1.11 bits per heavy atom. The van der Waals surface area contributed by atoms with Crippen molar-refractivity contribution in [3.05, 3.63) is 23.5 Å². The Balaban J connectivity index is 1.51. The second kappa shape index (κ2) is 6.10. The fraction of sp³-hybridized carbons (Fsp3) is 0.667. The van der Waals surface area contributed by atoms with E-state index in [-0.39, 0.29) is 0 Å². The van der Waals surface area contributed by atoms with Gasteiger partial charge in [0.2, 0.25) is 0 Å². The Labute approximate surface area is 119 Å². The van der Waals surface area contributed by atoms with E-state index in [0.29, 0.717) is 17.4 Å². The molecule has 19 heavy (non-hydrogen) atoms. The zero-order valence-electron chi connectivity index (χ0n) is 11.2. The molecule has 1 aromatic heterocycles. The number of piperidine rings is 1. The molecule has 0 aromatic carbocycles. The molecule has 2 heterocycles. The van der Waals surface area contributed by atoms with Crippen molar-refractivity contribution < 1.29 is 4.74 Å². The third-order valence-corrected chi connectivity index (χ3v) is 4.41. The van der Waals surface area contributed by atoms with Crippen molar-refractivity contribution in [1.29, 1.82) is 0 Å². The molecule has 2 fully saturated rings. The lowest BCUT2D eigenvalue weighted by Crippen LogP contribution is -2.38. The van der Waals surface area contributed by atoms with Gasteiger partial charge in [0.05, 0.1) is 12.2 Å². The van der Waals surface area contributed by atoms with Crippen LogP contribution in [0.15, 0.2) is 18.3 Å².